The van der Waals surface area contributed by atoms with Crippen LogP contribution >= 0.6 is 0 Å². The van der Waals surface area contributed by atoms with Gasteiger partial charge in [-0.05, 0) is 156 Å². The summed E-state index contributed by atoms with van der Waals surface area (Å²) in [5, 5.41) is 2.77. The van der Waals surface area contributed by atoms with Gasteiger partial charge in [-0.1, -0.05) is 203 Å². The van der Waals surface area contributed by atoms with Gasteiger partial charge in [0.1, 0.15) is 5.82 Å². The molecule has 0 aromatic heterocycles. The molecule has 0 unspecified atom stereocenters. The molecule has 1 aliphatic carbocycles. The van der Waals surface area contributed by atoms with Gasteiger partial charge >= 0.3 is 0 Å². The number of halogens is 1. The molecule has 0 spiro atoms. The van der Waals surface area contributed by atoms with Gasteiger partial charge in [0.25, 0.3) is 0 Å². The van der Waals surface area contributed by atoms with Crippen molar-refractivity contribution < 1.29 is 4.39 Å². The molecule has 1 aliphatic rings. The SMILES string of the molecule is CCc1cccc(-c2ccccc2C)c1C.Cc1ccc2c(c1)C(C)(C)c1cc(C)c3ccccc3c1-2.Cc1cccc(F)c1.Cc1ccccc1.Cc1ccccc1C(C)C. The third-order valence-electron chi connectivity index (χ3n) is 12.0. The fourth-order valence-electron chi connectivity index (χ4n) is 8.49. The molecule has 62 heavy (non-hydrogen) atoms. The highest BCUT2D eigenvalue weighted by Gasteiger charge is 2.36. The summed E-state index contributed by atoms with van der Waals surface area (Å²) in [4.78, 5) is 0. The lowest BCUT2D eigenvalue weighted by Gasteiger charge is -2.22. The van der Waals surface area contributed by atoms with E-state index in [1.807, 2.05) is 31.2 Å². The van der Waals surface area contributed by atoms with Crippen LogP contribution in [0.3, 0.4) is 0 Å². The van der Waals surface area contributed by atoms with Gasteiger partial charge in [0.05, 0.1) is 0 Å². The Bertz CT molecular complexity index is 2680. The maximum absolute atomic E-state index is 12.2. The summed E-state index contributed by atoms with van der Waals surface area (Å²) in [6, 6.07) is 58.6. The molecule has 0 saturated carbocycles. The van der Waals surface area contributed by atoms with Crippen molar-refractivity contribution in [3.05, 3.63) is 237 Å². The van der Waals surface area contributed by atoms with Crippen LogP contribution in [0.5, 0.6) is 0 Å². The lowest BCUT2D eigenvalue weighted by molar-refractivity contribution is 0.626. The molecule has 0 bridgehead atoms. The molecule has 8 aromatic rings. The second-order valence-corrected chi connectivity index (χ2v) is 17.6. The van der Waals surface area contributed by atoms with Gasteiger partial charge in [0.2, 0.25) is 0 Å². The van der Waals surface area contributed by atoms with Crippen LogP contribution in [-0.2, 0) is 11.8 Å². The predicted molar refractivity (Wildman–Crippen MR) is 269 cm³/mol. The van der Waals surface area contributed by atoms with E-state index in [1.54, 1.807) is 6.07 Å². The van der Waals surface area contributed by atoms with E-state index in [0.29, 0.717) is 5.92 Å². The fourth-order valence-corrected chi connectivity index (χ4v) is 8.49. The molecule has 0 N–H and O–H groups in total. The molecule has 0 fully saturated rings. The van der Waals surface area contributed by atoms with E-state index in [9.17, 15) is 4.39 Å². The monoisotopic (exact) mass is 819 g/mol. The van der Waals surface area contributed by atoms with Crippen LogP contribution in [0.4, 0.5) is 4.39 Å². The summed E-state index contributed by atoms with van der Waals surface area (Å²) >= 11 is 0. The maximum atomic E-state index is 12.2. The number of aryl methyl sites for hydroxylation is 7. The number of fused-ring (bicyclic) bond motifs is 5. The van der Waals surface area contributed by atoms with Gasteiger partial charge < -0.3 is 0 Å². The average molecular weight is 819 g/mol. The van der Waals surface area contributed by atoms with Gasteiger partial charge in [0, 0.05) is 5.41 Å². The second kappa shape index (κ2) is 21.7. The largest absolute Gasteiger partial charge is 0.207 e. The number of rotatable bonds is 3. The zero-order valence-electron chi connectivity index (χ0n) is 39.3. The van der Waals surface area contributed by atoms with E-state index in [4.69, 9.17) is 0 Å². The highest BCUT2D eigenvalue weighted by molar-refractivity contribution is 6.03. The zero-order chi connectivity index (χ0) is 45.0. The van der Waals surface area contributed by atoms with E-state index in [0.717, 1.165) is 12.0 Å². The molecule has 0 nitrogen and oxygen atoms in total. The minimum atomic E-state index is -0.162. The van der Waals surface area contributed by atoms with Gasteiger partial charge in [-0.3, -0.25) is 0 Å². The third-order valence-corrected chi connectivity index (χ3v) is 12.0. The normalized spacial score (nSPS) is 11.6. The van der Waals surface area contributed by atoms with Crippen LogP contribution in [-0.4, -0.2) is 0 Å². The van der Waals surface area contributed by atoms with E-state index >= 15 is 0 Å². The van der Waals surface area contributed by atoms with Crippen molar-refractivity contribution in [1.29, 1.82) is 0 Å². The summed E-state index contributed by atoms with van der Waals surface area (Å²) in [5.74, 6) is 0.492. The minimum absolute atomic E-state index is 0.0888. The first kappa shape index (κ1) is 47.0. The Morgan fingerprint density at radius 3 is 1.58 bits per heavy atom. The van der Waals surface area contributed by atoms with Gasteiger partial charge in [-0.25, -0.2) is 4.39 Å². The second-order valence-electron chi connectivity index (χ2n) is 17.6. The van der Waals surface area contributed by atoms with Crippen molar-refractivity contribution >= 4 is 10.8 Å². The van der Waals surface area contributed by atoms with Crippen LogP contribution in [0.2, 0.25) is 0 Å². The molecule has 1 heteroatoms. The smallest absolute Gasteiger partial charge is 0.123 e. The van der Waals surface area contributed by atoms with Crippen LogP contribution in [0.1, 0.15) is 102 Å². The van der Waals surface area contributed by atoms with Crippen molar-refractivity contribution in [2.24, 2.45) is 0 Å². The summed E-state index contributed by atoms with van der Waals surface area (Å²) in [7, 11) is 0. The lowest BCUT2D eigenvalue weighted by atomic mass is 9.81. The molecule has 0 radical (unpaired) electrons. The van der Waals surface area contributed by atoms with Crippen LogP contribution < -0.4 is 0 Å². The van der Waals surface area contributed by atoms with E-state index < -0.39 is 0 Å². The molecule has 0 saturated heterocycles. The maximum Gasteiger partial charge on any atom is 0.123 e. The average Bonchev–Trinajstić information content (AvgIpc) is 3.47. The summed E-state index contributed by atoms with van der Waals surface area (Å²) < 4.78 is 12.2. The number of hydrogen-bond acceptors (Lipinski definition) is 0. The molecular weight excluding hydrogens is 752 g/mol. The predicted octanol–water partition coefficient (Wildman–Crippen LogP) is 17.5. The molecule has 0 aliphatic heterocycles. The van der Waals surface area contributed by atoms with E-state index in [-0.39, 0.29) is 11.2 Å². The van der Waals surface area contributed by atoms with Crippen molar-refractivity contribution in [3.8, 4) is 22.3 Å². The van der Waals surface area contributed by atoms with Crippen molar-refractivity contribution in [3.63, 3.8) is 0 Å². The Morgan fingerprint density at radius 1 is 0.452 bits per heavy atom. The molecule has 318 valence electrons. The zero-order valence-corrected chi connectivity index (χ0v) is 39.3. The lowest BCUT2D eigenvalue weighted by Crippen LogP contribution is -2.15. The fraction of sp³-hybridized carbons (Fsp3) is 0.246. The third kappa shape index (κ3) is 11.6. The van der Waals surface area contributed by atoms with Gasteiger partial charge in [0.15, 0.2) is 0 Å². The molecular formula is C61H67F. The standard InChI is InChI=1S/C21H20.C16H18.C10H14.C7H7F.C7H8/c1-13-9-10-17-18(11-13)21(3,4)19-12-14(2)15-7-5-6-8-16(15)20(17)19;1-4-14-9-7-11-16(13(14)3)15-10-6-5-8-12(15)2;1-8(2)10-7-5-4-6-9(10)3;1-6-3-2-4-7(8)5-6;1-7-5-3-2-4-6-7/h5-12H,1-4H3;5-11H,4H2,1-3H3;4-8H,1-3H3;2-5H,1H3;2-6H,1H3. The quantitative estimate of drug-likeness (QED) is 0.167. The van der Waals surface area contributed by atoms with Crippen LogP contribution in [0.25, 0.3) is 33.0 Å². The number of hydrogen-bond donors (Lipinski definition) is 0. The van der Waals surface area contributed by atoms with E-state index in [2.05, 4.69) is 204 Å². The summed E-state index contributed by atoms with van der Waals surface area (Å²) in [6.45, 7) is 26.3. The Hall–Kier alpha value is -6.05. The van der Waals surface area contributed by atoms with Crippen molar-refractivity contribution in [1.82, 2.24) is 0 Å². The minimum Gasteiger partial charge on any atom is -0.207 e. The first-order chi connectivity index (χ1) is 29.6. The Kier molecular flexibility index (Phi) is 16.4. The van der Waals surface area contributed by atoms with Crippen LogP contribution in [0.15, 0.2) is 170 Å². The van der Waals surface area contributed by atoms with Gasteiger partial charge in [-0.2, -0.15) is 0 Å². The molecule has 8 aromatic carbocycles. The Morgan fingerprint density at radius 2 is 1.02 bits per heavy atom. The van der Waals surface area contributed by atoms with Gasteiger partial charge in [-0.15, -0.1) is 0 Å². The number of benzene rings is 8. The molecule has 9 rings (SSSR count). The van der Waals surface area contributed by atoms with Crippen molar-refractivity contribution in [2.75, 3.05) is 0 Å². The highest BCUT2D eigenvalue weighted by atomic mass is 19.1. The molecule has 0 amide bonds. The first-order valence-electron chi connectivity index (χ1n) is 22.2. The molecule has 0 atom stereocenters. The van der Waals surface area contributed by atoms with Crippen LogP contribution in [0, 0.1) is 54.3 Å². The Balaban J connectivity index is 0.000000156. The summed E-state index contributed by atoms with van der Waals surface area (Å²) in [5.41, 5.74) is 20.7. The molecule has 0 heterocycles. The Labute approximate surface area is 373 Å². The van der Waals surface area contributed by atoms with Crippen molar-refractivity contribution in [2.45, 2.75) is 101 Å². The highest BCUT2D eigenvalue weighted by Crippen LogP contribution is 2.52. The topological polar surface area (TPSA) is 0 Å². The first-order valence-corrected chi connectivity index (χ1v) is 22.2. The van der Waals surface area contributed by atoms with E-state index in [1.165, 1.54) is 101 Å². The summed E-state index contributed by atoms with van der Waals surface area (Å²) in [6.07, 6.45) is 1.10.